The van der Waals surface area contributed by atoms with Crippen molar-refractivity contribution in [2.75, 3.05) is 11.9 Å². The smallest absolute Gasteiger partial charge is 0.423 e. The van der Waals surface area contributed by atoms with E-state index < -0.39 is 22.5 Å². The van der Waals surface area contributed by atoms with E-state index in [-0.39, 0.29) is 23.9 Å². The van der Waals surface area contributed by atoms with Crippen LogP contribution in [0.1, 0.15) is 18.9 Å². The number of alkyl halides is 3. The number of hydrogen-bond donors (Lipinski definition) is 1. The van der Waals surface area contributed by atoms with Crippen molar-refractivity contribution in [1.29, 1.82) is 0 Å². The Bertz CT molecular complexity index is 737. The number of anilines is 2. The molecule has 0 spiro atoms. The van der Waals surface area contributed by atoms with Gasteiger partial charge in [-0.3, -0.25) is 10.1 Å². The Balaban J connectivity index is 2.31. The molecule has 1 aromatic heterocycles. The lowest BCUT2D eigenvalue weighted by Gasteiger charge is -2.13. The zero-order valence-corrected chi connectivity index (χ0v) is 12.5. The first-order valence-electron chi connectivity index (χ1n) is 6.89. The quantitative estimate of drug-likeness (QED) is 0.632. The van der Waals surface area contributed by atoms with Gasteiger partial charge >= 0.3 is 6.18 Å². The highest BCUT2D eigenvalue weighted by Crippen LogP contribution is 2.35. The average molecular weight is 342 g/mol. The maximum absolute atomic E-state index is 12.9. The van der Waals surface area contributed by atoms with E-state index in [1.54, 1.807) is 6.92 Å². The molecule has 7 nitrogen and oxygen atoms in total. The van der Waals surface area contributed by atoms with Gasteiger partial charge in [0.2, 0.25) is 11.8 Å². The third-order valence-corrected chi connectivity index (χ3v) is 2.82. The van der Waals surface area contributed by atoms with Crippen LogP contribution in [0.2, 0.25) is 0 Å². The van der Waals surface area contributed by atoms with Crippen LogP contribution in [0.4, 0.5) is 30.5 Å². The van der Waals surface area contributed by atoms with Gasteiger partial charge in [0.05, 0.1) is 11.5 Å². The predicted molar refractivity (Wildman–Crippen MR) is 79.2 cm³/mol. The SMILES string of the molecule is CCCOc1nc(Nc2cccc([N+](=O)[O-])c2)ncc1C(F)(F)F. The van der Waals surface area contributed by atoms with Crippen LogP contribution in [0, 0.1) is 10.1 Å². The number of nitro benzene ring substituents is 1. The van der Waals surface area contributed by atoms with Crippen LogP contribution in [0.3, 0.4) is 0 Å². The zero-order valence-electron chi connectivity index (χ0n) is 12.5. The van der Waals surface area contributed by atoms with E-state index in [1.807, 2.05) is 0 Å². The summed E-state index contributed by atoms with van der Waals surface area (Å²) < 4.78 is 43.8. The summed E-state index contributed by atoms with van der Waals surface area (Å²) in [5, 5.41) is 13.4. The Hall–Kier alpha value is -2.91. The molecule has 0 aliphatic carbocycles. The number of nitrogens with zero attached hydrogens (tertiary/aromatic N) is 3. The largest absolute Gasteiger partial charge is 0.477 e. The standard InChI is InChI=1S/C14H13F3N4O3/c1-2-6-24-12-11(14(15,16)17)8-18-13(20-12)19-9-4-3-5-10(7-9)21(22)23/h3-5,7-8H,2,6H2,1H3,(H,18,19,20). The first-order chi connectivity index (χ1) is 11.3. The Kier molecular flexibility index (Phi) is 5.17. The topological polar surface area (TPSA) is 90.2 Å². The molecule has 0 unspecified atom stereocenters. The van der Waals surface area contributed by atoms with E-state index in [0.29, 0.717) is 12.6 Å². The van der Waals surface area contributed by atoms with Gasteiger partial charge in [0.1, 0.15) is 5.56 Å². The fourth-order valence-electron chi connectivity index (χ4n) is 1.76. The molecule has 0 fully saturated rings. The summed E-state index contributed by atoms with van der Waals surface area (Å²) in [5.41, 5.74) is -0.986. The molecule has 0 radical (unpaired) electrons. The Morgan fingerprint density at radius 2 is 2.12 bits per heavy atom. The van der Waals surface area contributed by atoms with Gasteiger partial charge in [-0.05, 0) is 12.5 Å². The Morgan fingerprint density at radius 3 is 2.75 bits per heavy atom. The fourth-order valence-corrected chi connectivity index (χ4v) is 1.76. The lowest BCUT2D eigenvalue weighted by Crippen LogP contribution is -2.12. The molecular weight excluding hydrogens is 329 g/mol. The molecule has 2 rings (SSSR count). The first kappa shape index (κ1) is 17.4. The van der Waals surface area contributed by atoms with Gasteiger partial charge in [0.25, 0.3) is 5.69 Å². The van der Waals surface area contributed by atoms with Crippen molar-refractivity contribution in [2.45, 2.75) is 19.5 Å². The van der Waals surface area contributed by atoms with E-state index in [9.17, 15) is 23.3 Å². The van der Waals surface area contributed by atoms with Crippen LogP contribution >= 0.6 is 0 Å². The minimum absolute atomic E-state index is 0.0658. The third kappa shape index (κ3) is 4.31. The van der Waals surface area contributed by atoms with Crippen LogP contribution < -0.4 is 10.1 Å². The molecule has 0 aliphatic rings. The fraction of sp³-hybridized carbons (Fsp3) is 0.286. The number of aromatic nitrogens is 2. The number of rotatable bonds is 6. The zero-order chi connectivity index (χ0) is 17.7. The highest BCUT2D eigenvalue weighted by molar-refractivity contribution is 5.58. The van der Waals surface area contributed by atoms with E-state index in [0.717, 1.165) is 0 Å². The molecule has 1 aromatic carbocycles. The van der Waals surface area contributed by atoms with Gasteiger partial charge in [0, 0.05) is 24.0 Å². The number of nitrogens with one attached hydrogen (secondary N) is 1. The molecule has 0 atom stereocenters. The molecule has 2 aromatic rings. The summed E-state index contributed by atoms with van der Waals surface area (Å²) >= 11 is 0. The van der Waals surface area contributed by atoms with Crippen molar-refractivity contribution >= 4 is 17.3 Å². The van der Waals surface area contributed by atoms with Gasteiger partial charge in [-0.15, -0.1) is 0 Å². The summed E-state index contributed by atoms with van der Waals surface area (Å²) in [4.78, 5) is 17.4. The highest BCUT2D eigenvalue weighted by Gasteiger charge is 2.36. The number of halogens is 3. The molecule has 128 valence electrons. The van der Waals surface area contributed by atoms with Crippen molar-refractivity contribution in [3.63, 3.8) is 0 Å². The van der Waals surface area contributed by atoms with Gasteiger partial charge in [-0.2, -0.15) is 18.2 Å². The van der Waals surface area contributed by atoms with E-state index >= 15 is 0 Å². The van der Waals surface area contributed by atoms with E-state index in [1.165, 1.54) is 24.3 Å². The normalized spacial score (nSPS) is 11.2. The van der Waals surface area contributed by atoms with Gasteiger partial charge in [0.15, 0.2) is 0 Å². The van der Waals surface area contributed by atoms with Crippen LogP contribution in [-0.2, 0) is 6.18 Å². The van der Waals surface area contributed by atoms with Crippen molar-refractivity contribution in [3.8, 4) is 5.88 Å². The molecule has 10 heteroatoms. The molecule has 1 heterocycles. The summed E-state index contributed by atoms with van der Waals surface area (Å²) in [7, 11) is 0. The molecule has 0 saturated heterocycles. The number of ether oxygens (including phenoxy) is 1. The molecule has 0 aliphatic heterocycles. The maximum atomic E-state index is 12.9. The summed E-state index contributed by atoms with van der Waals surface area (Å²) in [6.07, 6.45) is -3.53. The van der Waals surface area contributed by atoms with Crippen molar-refractivity contribution < 1.29 is 22.8 Å². The number of hydrogen-bond acceptors (Lipinski definition) is 6. The molecule has 0 bridgehead atoms. The molecule has 1 N–H and O–H groups in total. The third-order valence-electron chi connectivity index (χ3n) is 2.82. The van der Waals surface area contributed by atoms with Gasteiger partial charge < -0.3 is 10.1 Å². The second-order valence-electron chi connectivity index (χ2n) is 4.69. The maximum Gasteiger partial charge on any atom is 0.423 e. The van der Waals surface area contributed by atoms with Crippen molar-refractivity contribution in [1.82, 2.24) is 9.97 Å². The molecular formula is C14H13F3N4O3. The summed E-state index contributed by atoms with van der Waals surface area (Å²) in [5.74, 6) is -0.748. The number of benzene rings is 1. The van der Waals surface area contributed by atoms with Gasteiger partial charge in [-0.1, -0.05) is 13.0 Å². The van der Waals surface area contributed by atoms with Crippen LogP contribution in [0.25, 0.3) is 0 Å². The van der Waals surface area contributed by atoms with Crippen LogP contribution in [0.15, 0.2) is 30.5 Å². The Labute approximate surface area is 134 Å². The van der Waals surface area contributed by atoms with E-state index in [4.69, 9.17) is 4.74 Å². The summed E-state index contributed by atoms with van der Waals surface area (Å²) in [6.45, 7) is 1.81. The predicted octanol–water partition coefficient (Wildman–Crippen LogP) is 3.94. The lowest BCUT2D eigenvalue weighted by molar-refractivity contribution is -0.384. The molecule has 0 saturated carbocycles. The summed E-state index contributed by atoms with van der Waals surface area (Å²) in [6, 6.07) is 5.43. The minimum atomic E-state index is -4.65. The first-order valence-corrected chi connectivity index (χ1v) is 6.89. The second-order valence-corrected chi connectivity index (χ2v) is 4.69. The second kappa shape index (κ2) is 7.11. The monoisotopic (exact) mass is 342 g/mol. The Morgan fingerprint density at radius 1 is 1.38 bits per heavy atom. The number of non-ortho nitro benzene ring substituents is 1. The van der Waals surface area contributed by atoms with E-state index in [2.05, 4.69) is 15.3 Å². The minimum Gasteiger partial charge on any atom is -0.477 e. The lowest BCUT2D eigenvalue weighted by atomic mass is 10.3. The highest BCUT2D eigenvalue weighted by atomic mass is 19.4. The van der Waals surface area contributed by atoms with Crippen molar-refractivity contribution in [3.05, 3.63) is 46.1 Å². The van der Waals surface area contributed by atoms with Crippen LogP contribution in [0.5, 0.6) is 5.88 Å². The average Bonchev–Trinajstić information content (AvgIpc) is 2.52. The van der Waals surface area contributed by atoms with Crippen LogP contribution in [-0.4, -0.2) is 21.5 Å². The molecule has 0 amide bonds. The number of nitro groups is 1. The van der Waals surface area contributed by atoms with Crippen molar-refractivity contribution in [2.24, 2.45) is 0 Å². The molecule has 24 heavy (non-hydrogen) atoms. The van der Waals surface area contributed by atoms with Gasteiger partial charge in [-0.25, -0.2) is 4.98 Å².